The van der Waals surface area contributed by atoms with Crippen molar-refractivity contribution in [3.63, 3.8) is 0 Å². The van der Waals surface area contributed by atoms with Crippen LogP contribution in [0.3, 0.4) is 0 Å². The van der Waals surface area contributed by atoms with E-state index in [-0.39, 0.29) is 19.4 Å². The molecule has 0 aliphatic carbocycles. The summed E-state index contributed by atoms with van der Waals surface area (Å²) in [5.41, 5.74) is 1.92. The van der Waals surface area contributed by atoms with E-state index >= 15 is 0 Å². The van der Waals surface area contributed by atoms with E-state index in [1.54, 1.807) is 0 Å². The lowest BCUT2D eigenvalue weighted by molar-refractivity contribution is 0.193. The molecule has 0 bridgehead atoms. The van der Waals surface area contributed by atoms with Gasteiger partial charge in [0.15, 0.2) is 0 Å². The van der Waals surface area contributed by atoms with E-state index in [0.717, 1.165) is 11.1 Å². The summed E-state index contributed by atoms with van der Waals surface area (Å²) in [6.45, 7) is 4.20. The van der Waals surface area contributed by atoms with Gasteiger partial charge in [-0.3, -0.25) is 4.57 Å². The number of benzene rings is 2. The van der Waals surface area contributed by atoms with Crippen LogP contribution in [0, 0.1) is 6.92 Å². The second kappa shape index (κ2) is 7.39. The lowest BCUT2D eigenvalue weighted by Crippen LogP contribution is -1.99. The van der Waals surface area contributed by atoms with E-state index in [1.165, 1.54) is 0 Å². The van der Waals surface area contributed by atoms with Crippen LogP contribution in [0.1, 0.15) is 11.1 Å². The van der Waals surface area contributed by atoms with Gasteiger partial charge in [-0.15, -0.1) is 0 Å². The Morgan fingerprint density at radius 1 is 0.800 bits per heavy atom. The quantitative estimate of drug-likeness (QED) is 0.706. The van der Waals surface area contributed by atoms with Gasteiger partial charge in [-0.2, -0.15) is 0 Å². The largest absolute Gasteiger partial charge is 0.331 e. The Balaban J connectivity index is 1.90. The second-order valence-corrected chi connectivity index (χ2v) is 6.54. The van der Waals surface area contributed by atoms with Crippen molar-refractivity contribution >= 4 is 7.60 Å². The molecule has 0 heterocycles. The van der Waals surface area contributed by atoms with Gasteiger partial charge in [0.1, 0.15) is 0 Å². The Hall–Kier alpha value is -1.41. The first-order valence-electron chi connectivity index (χ1n) is 6.47. The molecule has 2 aromatic carbocycles. The van der Waals surface area contributed by atoms with Gasteiger partial charge in [0.2, 0.25) is 0 Å². The minimum atomic E-state index is -3.14. The van der Waals surface area contributed by atoms with Crippen molar-refractivity contribution in [2.75, 3.05) is 6.16 Å². The maximum Gasteiger partial charge on any atom is 0.331 e. The van der Waals surface area contributed by atoms with Gasteiger partial charge in [0.05, 0.1) is 19.4 Å². The molecule has 0 saturated carbocycles. The monoisotopic (exact) mass is 289 g/mol. The molecule has 0 saturated heterocycles. The predicted molar refractivity (Wildman–Crippen MR) is 80.3 cm³/mol. The highest BCUT2D eigenvalue weighted by molar-refractivity contribution is 7.53. The van der Waals surface area contributed by atoms with Crippen LogP contribution in [0.25, 0.3) is 0 Å². The average molecular weight is 289 g/mol. The Labute approximate surface area is 120 Å². The molecule has 3 nitrogen and oxygen atoms in total. The Bertz CT molecular complexity index is 507. The third-order valence-electron chi connectivity index (χ3n) is 2.82. The first kappa shape index (κ1) is 15.0. The smallest absolute Gasteiger partial charge is 0.304 e. The zero-order valence-corrected chi connectivity index (χ0v) is 12.2. The van der Waals surface area contributed by atoms with Crippen molar-refractivity contribution in [3.8, 4) is 0 Å². The molecule has 2 aromatic rings. The van der Waals surface area contributed by atoms with Crippen LogP contribution >= 0.6 is 7.60 Å². The first-order valence-corrected chi connectivity index (χ1v) is 8.20. The standard InChI is InChI=1S/C16H18O3P/c1-2-20(17,18-13-15-9-5-3-6-10-15)19-14-16-11-7-4-8-12-16/h3-12H,1-2,13-14H2. The third-order valence-corrected chi connectivity index (χ3v) is 4.41. The normalized spacial score (nSPS) is 11.4. The summed E-state index contributed by atoms with van der Waals surface area (Å²) >= 11 is 0. The maximum absolute atomic E-state index is 12.4. The Kier molecular flexibility index (Phi) is 5.54. The Morgan fingerprint density at radius 3 is 1.55 bits per heavy atom. The number of rotatable bonds is 7. The molecule has 0 aliphatic rings. The molecule has 0 aromatic heterocycles. The Morgan fingerprint density at radius 2 is 1.20 bits per heavy atom. The molecular weight excluding hydrogens is 271 g/mol. The second-order valence-electron chi connectivity index (χ2n) is 4.35. The molecule has 20 heavy (non-hydrogen) atoms. The van der Waals surface area contributed by atoms with Crippen LogP contribution in [0.15, 0.2) is 60.7 Å². The molecular formula is C16H18O3P. The van der Waals surface area contributed by atoms with Gasteiger partial charge in [0.25, 0.3) is 0 Å². The summed E-state index contributed by atoms with van der Waals surface area (Å²) in [5, 5.41) is 0. The van der Waals surface area contributed by atoms with Crippen LogP contribution in [0.4, 0.5) is 0 Å². The van der Waals surface area contributed by atoms with Crippen molar-refractivity contribution in [1.82, 2.24) is 0 Å². The fraction of sp³-hybridized carbons (Fsp3) is 0.188. The molecule has 1 radical (unpaired) electrons. The summed E-state index contributed by atoms with van der Waals surface area (Å²) < 4.78 is 23.3. The molecule has 0 unspecified atom stereocenters. The summed E-state index contributed by atoms with van der Waals surface area (Å²) in [6, 6.07) is 19.2. The topological polar surface area (TPSA) is 35.5 Å². The van der Waals surface area contributed by atoms with Gasteiger partial charge >= 0.3 is 7.60 Å². The molecule has 2 rings (SSSR count). The van der Waals surface area contributed by atoms with Crippen molar-refractivity contribution < 1.29 is 13.6 Å². The minimum absolute atomic E-state index is 0.118. The SMILES string of the molecule is [CH2]CP(=O)(OCc1ccccc1)OCc1ccccc1. The predicted octanol–water partition coefficient (Wildman–Crippen LogP) is 4.45. The minimum Gasteiger partial charge on any atom is -0.304 e. The first-order chi connectivity index (χ1) is 9.72. The maximum atomic E-state index is 12.4. The van der Waals surface area contributed by atoms with Gasteiger partial charge < -0.3 is 9.05 Å². The van der Waals surface area contributed by atoms with Crippen LogP contribution < -0.4 is 0 Å². The highest BCUT2D eigenvalue weighted by atomic mass is 31.2. The fourth-order valence-electron chi connectivity index (χ4n) is 1.66. The number of hydrogen-bond donors (Lipinski definition) is 0. The number of hydrogen-bond acceptors (Lipinski definition) is 3. The summed E-state index contributed by atoms with van der Waals surface area (Å²) in [5.74, 6) is 0. The molecule has 0 fully saturated rings. The van der Waals surface area contributed by atoms with Crippen molar-refractivity contribution in [3.05, 3.63) is 78.7 Å². The van der Waals surface area contributed by atoms with Crippen LogP contribution in [-0.4, -0.2) is 6.16 Å². The van der Waals surface area contributed by atoms with Crippen molar-refractivity contribution in [1.29, 1.82) is 0 Å². The summed E-state index contributed by atoms with van der Waals surface area (Å²) in [6.07, 6.45) is 0.118. The highest BCUT2D eigenvalue weighted by Gasteiger charge is 2.22. The van der Waals surface area contributed by atoms with E-state index in [9.17, 15) is 4.57 Å². The third kappa shape index (κ3) is 4.61. The van der Waals surface area contributed by atoms with Gasteiger partial charge in [-0.1, -0.05) is 60.7 Å². The molecule has 0 amide bonds. The van der Waals surface area contributed by atoms with Gasteiger partial charge in [-0.25, -0.2) is 0 Å². The average Bonchev–Trinajstić information content (AvgIpc) is 2.53. The van der Waals surface area contributed by atoms with E-state index in [0.29, 0.717) is 0 Å². The summed E-state index contributed by atoms with van der Waals surface area (Å²) in [7, 11) is -3.14. The van der Waals surface area contributed by atoms with E-state index in [4.69, 9.17) is 9.05 Å². The molecule has 0 spiro atoms. The molecule has 0 N–H and O–H groups in total. The fourth-order valence-corrected chi connectivity index (χ4v) is 2.68. The van der Waals surface area contributed by atoms with Crippen LogP contribution in [0.2, 0.25) is 0 Å². The molecule has 0 atom stereocenters. The van der Waals surface area contributed by atoms with Crippen LogP contribution in [-0.2, 0) is 26.8 Å². The highest BCUT2D eigenvalue weighted by Crippen LogP contribution is 2.49. The van der Waals surface area contributed by atoms with E-state index in [2.05, 4.69) is 6.92 Å². The van der Waals surface area contributed by atoms with Crippen LogP contribution in [0.5, 0.6) is 0 Å². The molecule has 4 heteroatoms. The zero-order valence-electron chi connectivity index (χ0n) is 11.3. The van der Waals surface area contributed by atoms with Crippen molar-refractivity contribution in [2.24, 2.45) is 0 Å². The van der Waals surface area contributed by atoms with Gasteiger partial charge in [0, 0.05) is 0 Å². The lowest BCUT2D eigenvalue weighted by Gasteiger charge is -2.17. The van der Waals surface area contributed by atoms with Gasteiger partial charge in [-0.05, 0) is 18.1 Å². The zero-order chi connectivity index (χ0) is 14.3. The molecule has 105 valence electrons. The van der Waals surface area contributed by atoms with E-state index < -0.39 is 7.60 Å². The van der Waals surface area contributed by atoms with E-state index in [1.807, 2.05) is 60.7 Å². The lowest BCUT2D eigenvalue weighted by atomic mass is 10.2. The van der Waals surface area contributed by atoms with Crippen molar-refractivity contribution in [2.45, 2.75) is 13.2 Å². The molecule has 0 aliphatic heterocycles. The summed E-state index contributed by atoms with van der Waals surface area (Å²) in [4.78, 5) is 0.